The number of hydrogen-bond donors (Lipinski definition) is 1. The van der Waals surface area contributed by atoms with E-state index in [1.807, 2.05) is 24.3 Å². The fourth-order valence-corrected chi connectivity index (χ4v) is 2.64. The van der Waals surface area contributed by atoms with E-state index in [2.05, 4.69) is 24.2 Å². The molecule has 1 aromatic carbocycles. The zero-order valence-corrected chi connectivity index (χ0v) is 12.8. The molecule has 0 amide bonds. The number of ether oxygens (including phenoxy) is 2. The van der Waals surface area contributed by atoms with Crippen molar-refractivity contribution in [1.29, 1.82) is 0 Å². The van der Waals surface area contributed by atoms with E-state index >= 15 is 0 Å². The van der Waals surface area contributed by atoms with Crippen molar-refractivity contribution >= 4 is 0 Å². The Labute approximate surface area is 122 Å². The zero-order chi connectivity index (χ0) is 14.4. The van der Waals surface area contributed by atoms with E-state index in [1.54, 1.807) is 7.11 Å². The first-order valence-corrected chi connectivity index (χ1v) is 7.40. The smallest absolute Gasteiger partial charge is 0.161 e. The Morgan fingerprint density at radius 2 is 2.05 bits per heavy atom. The van der Waals surface area contributed by atoms with Gasteiger partial charge < -0.3 is 19.7 Å². The Hall–Kier alpha value is -1.26. The van der Waals surface area contributed by atoms with Gasteiger partial charge in [-0.1, -0.05) is 12.1 Å². The molecule has 0 radical (unpaired) electrons. The summed E-state index contributed by atoms with van der Waals surface area (Å²) < 4.78 is 11.0. The predicted molar refractivity (Wildman–Crippen MR) is 81.6 cm³/mol. The molecule has 112 valence electrons. The van der Waals surface area contributed by atoms with E-state index < -0.39 is 0 Å². The SMILES string of the molecule is COc1ccccc1OCCNC1CCN(C)C(C)C1. The van der Waals surface area contributed by atoms with E-state index in [1.165, 1.54) is 19.4 Å². The predicted octanol–water partition coefficient (Wildman–Crippen LogP) is 2.15. The molecule has 1 fully saturated rings. The van der Waals surface area contributed by atoms with Crippen LogP contribution in [0.3, 0.4) is 0 Å². The summed E-state index contributed by atoms with van der Waals surface area (Å²) in [5, 5.41) is 3.59. The monoisotopic (exact) mass is 278 g/mol. The second-order valence-corrected chi connectivity index (χ2v) is 5.50. The fraction of sp³-hybridized carbons (Fsp3) is 0.625. The molecule has 1 N–H and O–H groups in total. The minimum atomic E-state index is 0.613. The molecule has 1 aliphatic heterocycles. The summed E-state index contributed by atoms with van der Waals surface area (Å²) >= 11 is 0. The maximum absolute atomic E-state index is 5.77. The lowest BCUT2D eigenvalue weighted by molar-refractivity contribution is 0.165. The van der Waals surface area contributed by atoms with Gasteiger partial charge >= 0.3 is 0 Å². The fourth-order valence-electron chi connectivity index (χ4n) is 2.64. The highest BCUT2D eigenvalue weighted by Crippen LogP contribution is 2.25. The van der Waals surface area contributed by atoms with Gasteiger partial charge in [0.1, 0.15) is 6.61 Å². The number of piperidine rings is 1. The van der Waals surface area contributed by atoms with Gasteiger partial charge in [-0.2, -0.15) is 0 Å². The van der Waals surface area contributed by atoms with E-state index in [0.717, 1.165) is 18.0 Å². The molecular formula is C16H26N2O2. The third-order valence-corrected chi connectivity index (χ3v) is 4.07. The average Bonchev–Trinajstić information content (AvgIpc) is 2.47. The van der Waals surface area contributed by atoms with Crippen LogP contribution in [0.15, 0.2) is 24.3 Å². The van der Waals surface area contributed by atoms with Crippen molar-refractivity contribution in [2.24, 2.45) is 0 Å². The topological polar surface area (TPSA) is 33.7 Å². The van der Waals surface area contributed by atoms with Gasteiger partial charge in [-0.15, -0.1) is 0 Å². The summed E-state index contributed by atoms with van der Waals surface area (Å²) in [6.07, 6.45) is 2.43. The van der Waals surface area contributed by atoms with Gasteiger partial charge in [-0.05, 0) is 45.5 Å². The molecule has 2 atom stereocenters. The van der Waals surface area contributed by atoms with Crippen molar-refractivity contribution < 1.29 is 9.47 Å². The Kier molecular flexibility index (Phi) is 5.68. The average molecular weight is 278 g/mol. The molecule has 4 nitrogen and oxygen atoms in total. The molecular weight excluding hydrogens is 252 g/mol. The summed E-state index contributed by atoms with van der Waals surface area (Å²) in [6, 6.07) is 9.05. The third kappa shape index (κ3) is 4.12. The van der Waals surface area contributed by atoms with E-state index in [0.29, 0.717) is 18.7 Å². The van der Waals surface area contributed by atoms with Crippen LogP contribution in [0.1, 0.15) is 19.8 Å². The summed E-state index contributed by atoms with van der Waals surface area (Å²) in [5.41, 5.74) is 0. The first-order valence-electron chi connectivity index (χ1n) is 7.40. The van der Waals surface area contributed by atoms with E-state index in [4.69, 9.17) is 9.47 Å². The minimum Gasteiger partial charge on any atom is -0.493 e. The number of methoxy groups -OCH3 is 1. The van der Waals surface area contributed by atoms with Gasteiger partial charge in [0.25, 0.3) is 0 Å². The third-order valence-electron chi connectivity index (χ3n) is 4.07. The molecule has 0 spiro atoms. The summed E-state index contributed by atoms with van der Waals surface area (Å²) in [6.45, 7) is 5.01. The van der Waals surface area contributed by atoms with E-state index in [-0.39, 0.29) is 0 Å². The highest BCUT2D eigenvalue weighted by Gasteiger charge is 2.21. The van der Waals surface area contributed by atoms with Gasteiger partial charge in [0.15, 0.2) is 11.5 Å². The summed E-state index contributed by atoms with van der Waals surface area (Å²) in [7, 11) is 3.87. The number of para-hydroxylation sites is 2. The molecule has 0 saturated carbocycles. The van der Waals surface area contributed by atoms with Crippen molar-refractivity contribution in [3.05, 3.63) is 24.3 Å². The van der Waals surface area contributed by atoms with Gasteiger partial charge in [0.05, 0.1) is 7.11 Å². The van der Waals surface area contributed by atoms with Crippen LogP contribution in [0.4, 0.5) is 0 Å². The van der Waals surface area contributed by atoms with Crippen molar-refractivity contribution in [2.45, 2.75) is 31.8 Å². The minimum absolute atomic E-state index is 0.613. The maximum Gasteiger partial charge on any atom is 0.161 e. The molecule has 2 unspecified atom stereocenters. The molecule has 0 bridgehead atoms. The summed E-state index contributed by atoms with van der Waals surface area (Å²) in [5.74, 6) is 1.61. The highest BCUT2D eigenvalue weighted by atomic mass is 16.5. The van der Waals surface area contributed by atoms with Crippen LogP contribution in [0.25, 0.3) is 0 Å². The molecule has 0 aromatic heterocycles. The number of nitrogens with one attached hydrogen (secondary N) is 1. The summed E-state index contributed by atoms with van der Waals surface area (Å²) in [4.78, 5) is 2.42. The molecule has 1 aromatic rings. The molecule has 1 aliphatic rings. The first-order chi connectivity index (χ1) is 9.70. The quantitative estimate of drug-likeness (QED) is 0.809. The number of hydrogen-bond acceptors (Lipinski definition) is 4. The molecule has 20 heavy (non-hydrogen) atoms. The second-order valence-electron chi connectivity index (χ2n) is 5.50. The lowest BCUT2D eigenvalue weighted by atomic mass is 9.99. The number of nitrogens with zero attached hydrogens (tertiary/aromatic N) is 1. The number of likely N-dealkylation sites (tertiary alicyclic amines) is 1. The van der Waals surface area contributed by atoms with Crippen molar-refractivity contribution in [2.75, 3.05) is 33.9 Å². The van der Waals surface area contributed by atoms with Crippen LogP contribution in [-0.2, 0) is 0 Å². The number of rotatable bonds is 6. The van der Waals surface area contributed by atoms with Gasteiger partial charge in [0.2, 0.25) is 0 Å². The Morgan fingerprint density at radius 1 is 1.30 bits per heavy atom. The van der Waals surface area contributed by atoms with Gasteiger partial charge in [0, 0.05) is 18.6 Å². The second kappa shape index (κ2) is 7.50. The normalized spacial score (nSPS) is 23.6. The van der Waals surface area contributed by atoms with Gasteiger partial charge in [-0.25, -0.2) is 0 Å². The lowest BCUT2D eigenvalue weighted by Crippen LogP contribution is -2.46. The standard InChI is InChI=1S/C16H26N2O2/c1-13-12-14(8-10-18(13)2)17-9-11-20-16-7-5-4-6-15(16)19-3/h4-7,13-14,17H,8-12H2,1-3H3. The van der Waals surface area contributed by atoms with Crippen molar-refractivity contribution in [1.82, 2.24) is 10.2 Å². The van der Waals surface area contributed by atoms with Crippen LogP contribution in [0.2, 0.25) is 0 Å². The van der Waals surface area contributed by atoms with Crippen LogP contribution >= 0.6 is 0 Å². The lowest BCUT2D eigenvalue weighted by Gasteiger charge is -2.35. The van der Waals surface area contributed by atoms with Crippen LogP contribution in [-0.4, -0.2) is 50.8 Å². The highest BCUT2D eigenvalue weighted by molar-refractivity contribution is 5.39. The molecule has 4 heteroatoms. The van der Waals surface area contributed by atoms with Crippen molar-refractivity contribution in [3.8, 4) is 11.5 Å². The van der Waals surface area contributed by atoms with Crippen molar-refractivity contribution in [3.63, 3.8) is 0 Å². The molecule has 2 rings (SSSR count). The van der Waals surface area contributed by atoms with Gasteiger partial charge in [-0.3, -0.25) is 0 Å². The van der Waals surface area contributed by atoms with E-state index in [9.17, 15) is 0 Å². The largest absolute Gasteiger partial charge is 0.493 e. The maximum atomic E-state index is 5.77. The van der Waals surface area contributed by atoms with Crippen LogP contribution in [0, 0.1) is 0 Å². The molecule has 1 heterocycles. The van der Waals surface area contributed by atoms with Crippen LogP contribution in [0.5, 0.6) is 11.5 Å². The zero-order valence-electron chi connectivity index (χ0n) is 12.8. The number of benzene rings is 1. The Morgan fingerprint density at radius 3 is 2.75 bits per heavy atom. The Balaban J connectivity index is 1.69. The molecule has 0 aliphatic carbocycles. The first kappa shape index (κ1) is 15.1. The molecule has 1 saturated heterocycles. The van der Waals surface area contributed by atoms with Crippen LogP contribution < -0.4 is 14.8 Å². The Bertz CT molecular complexity index is 411.